The summed E-state index contributed by atoms with van der Waals surface area (Å²) < 4.78 is 0. The third-order valence-electron chi connectivity index (χ3n) is 3.14. The Labute approximate surface area is 92.2 Å². The summed E-state index contributed by atoms with van der Waals surface area (Å²) in [6, 6.07) is 8.56. The molecule has 1 unspecified atom stereocenters. The molecule has 0 spiro atoms. The lowest BCUT2D eigenvalue weighted by Crippen LogP contribution is -2.25. The Morgan fingerprint density at radius 1 is 1.27 bits per heavy atom. The number of anilines is 1. The number of fused-ring (bicyclic) bond motifs is 1. The second-order valence-electron chi connectivity index (χ2n) is 5.44. The van der Waals surface area contributed by atoms with E-state index in [1.54, 1.807) is 0 Å². The zero-order valence-corrected chi connectivity index (χ0v) is 9.80. The maximum Gasteiger partial charge on any atom is 0.0417 e. The van der Waals surface area contributed by atoms with Gasteiger partial charge in [0, 0.05) is 11.4 Å². The van der Waals surface area contributed by atoms with E-state index in [1.165, 1.54) is 11.3 Å². The predicted octanol–water partition coefficient (Wildman–Crippen LogP) is 4.15. The van der Waals surface area contributed by atoms with Gasteiger partial charge in [-0.1, -0.05) is 45.5 Å². The predicted molar refractivity (Wildman–Crippen MR) is 66.0 cm³/mol. The fraction of sp³-hybridized carbons (Fsp3) is 0.429. The Morgan fingerprint density at radius 2 is 1.93 bits per heavy atom. The largest absolute Gasteiger partial charge is 0.359 e. The average Bonchev–Trinajstić information content (AvgIpc) is 2.15. The van der Waals surface area contributed by atoms with Crippen LogP contribution in [0.2, 0.25) is 0 Å². The zero-order chi connectivity index (χ0) is 11.1. The Hall–Kier alpha value is -1.24. The fourth-order valence-corrected chi connectivity index (χ4v) is 2.29. The summed E-state index contributed by atoms with van der Waals surface area (Å²) in [5, 5.41) is 3.37. The van der Waals surface area contributed by atoms with Crippen molar-refractivity contribution < 1.29 is 0 Å². The first-order valence-electron chi connectivity index (χ1n) is 5.52. The third kappa shape index (κ3) is 1.92. The summed E-state index contributed by atoms with van der Waals surface area (Å²) in [4.78, 5) is 0. The minimum Gasteiger partial charge on any atom is -0.359 e. The van der Waals surface area contributed by atoms with Gasteiger partial charge in [0.1, 0.15) is 0 Å². The van der Waals surface area contributed by atoms with Crippen LogP contribution in [0.15, 0.2) is 36.5 Å². The maximum absolute atomic E-state index is 4.07. The van der Waals surface area contributed by atoms with Crippen LogP contribution in [0.3, 0.4) is 0 Å². The molecule has 0 saturated heterocycles. The number of rotatable bonds is 0. The van der Waals surface area contributed by atoms with Gasteiger partial charge in [0.25, 0.3) is 0 Å². The molecule has 1 atom stereocenters. The van der Waals surface area contributed by atoms with E-state index in [0.29, 0.717) is 11.3 Å². The van der Waals surface area contributed by atoms with E-state index in [0.717, 1.165) is 12.1 Å². The highest BCUT2D eigenvalue weighted by molar-refractivity contribution is 5.59. The lowest BCUT2D eigenvalue weighted by Gasteiger charge is -2.37. The molecule has 1 aromatic rings. The van der Waals surface area contributed by atoms with Gasteiger partial charge < -0.3 is 5.32 Å². The fourth-order valence-electron chi connectivity index (χ4n) is 2.29. The van der Waals surface area contributed by atoms with Crippen LogP contribution in [0.4, 0.5) is 5.69 Å². The van der Waals surface area contributed by atoms with E-state index in [-0.39, 0.29) is 0 Å². The van der Waals surface area contributed by atoms with E-state index in [2.05, 4.69) is 56.9 Å². The molecule has 1 nitrogen and oxygen atoms in total. The van der Waals surface area contributed by atoms with Crippen molar-refractivity contribution in [2.45, 2.75) is 33.1 Å². The Kier molecular flexibility index (Phi) is 2.34. The van der Waals surface area contributed by atoms with Crippen molar-refractivity contribution in [3.05, 3.63) is 42.1 Å². The number of allylic oxidation sites excluding steroid dienone is 1. The first-order chi connectivity index (χ1) is 6.98. The van der Waals surface area contributed by atoms with Gasteiger partial charge in [-0.2, -0.15) is 0 Å². The molecule has 1 aromatic carbocycles. The van der Waals surface area contributed by atoms with Gasteiger partial charge in [-0.15, -0.1) is 0 Å². The Bertz CT molecular complexity index is 385. The second kappa shape index (κ2) is 3.41. The number of para-hydroxylation sites is 1. The van der Waals surface area contributed by atoms with Crippen LogP contribution < -0.4 is 5.32 Å². The van der Waals surface area contributed by atoms with Crippen LogP contribution in [0.5, 0.6) is 0 Å². The molecule has 0 fully saturated rings. The van der Waals surface area contributed by atoms with Gasteiger partial charge in [0.05, 0.1) is 0 Å². The van der Waals surface area contributed by atoms with Gasteiger partial charge in [-0.25, -0.2) is 0 Å². The standard InChI is InChI=1S/C14H19N/c1-10-9-12(14(2,3)4)11-7-5-6-8-13(11)15-10/h5-8,12,15H,1,9H2,2-4H3. The van der Waals surface area contributed by atoms with Crippen molar-refractivity contribution in [2.24, 2.45) is 5.41 Å². The summed E-state index contributed by atoms with van der Waals surface area (Å²) in [5.74, 6) is 0.572. The summed E-state index contributed by atoms with van der Waals surface area (Å²) in [6.45, 7) is 11.0. The van der Waals surface area contributed by atoms with Crippen molar-refractivity contribution >= 4 is 5.69 Å². The van der Waals surface area contributed by atoms with E-state index >= 15 is 0 Å². The Morgan fingerprint density at radius 3 is 2.60 bits per heavy atom. The molecule has 15 heavy (non-hydrogen) atoms. The molecule has 0 aliphatic carbocycles. The summed E-state index contributed by atoms with van der Waals surface area (Å²) in [6.07, 6.45) is 1.04. The van der Waals surface area contributed by atoms with Crippen LogP contribution in [-0.2, 0) is 0 Å². The van der Waals surface area contributed by atoms with Gasteiger partial charge in [-0.3, -0.25) is 0 Å². The van der Waals surface area contributed by atoms with Gasteiger partial charge in [-0.05, 0) is 29.4 Å². The number of benzene rings is 1. The molecule has 0 bridgehead atoms. The topological polar surface area (TPSA) is 12.0 Å². The molecule has 0 saturated carbocycles. The highest BCUT2D eigenvalue weighted by Gasteiger charge is 2.31. The van der Waals surface area contributed by atoms with Crippen LogP contribution in [0.25, 0.3) is 0 Å². The molecular weight excluding hydrogens is 182 g/mol. The minimum atomic E-state index is 0.293. The zero-order valence-electron chi connectivity index (χ0n) is 9.80. The molecule has 0 amide bonds. The average molecular weight is 201 g/mol. The molecule has 1 heterocycles. The van der Waals surface area contributed by atoms with Crippen LogP contribution >= 0.6 is 0 Å². The van der Waals surface area contributed by atoms with Crippen molar-refractivity contribution in [2.75, 3.05) is 5.32 Å². The number of nitrogens with one attached hydrogen (secondary N) is 1. The molecule has 80 valence electrons. The lowest BCUT2D eigenvalue weighted by molar-refractivity contribution is 0.315. The maximum atomic E-state index is 4.07. The molecule has 1 aliphatic heterocycles. The van der Waals surface area contributed by atoms with Gasteiger partial charge in [0.2, 0.25) is 0 Å². The smallest absolute Gasteiger partial charge is 0.0417 e. The van der Waals surface area contributed by atoms with Gasteiger partial charge >= 0.3 is 0 Å². The summed E-state index contributed by atoms with van der Waals surface area (Å²) in [5.41, 5.74) is 4.08. The highest BCUT2D eigenvalue weighted by atomic mass is 14.9. The molecule has 2 rings (SSSR count). The quantitative estimate of drug-likeness (QED) is 0.665. The normalized spacial score (nSPS) is 20.7. The third-order valence-corrected chi connectivity index (χ3v) is 3.14. The second-order valence-corrected chi connectivity index (χ2v) is 5.44. The van der Waals surface area contributed by atoms with E-state index in [4.69, 9.17) is 0 Å². The molecule has 0 radical (unpaired) electrons. The number of hydrogen-bond donors (Lipinski definition) is 1. The van der Waals surface area contributed by atoms with Crippen molar-refractivity contribution in [3.63, 3.8) is 0 Å². The summed E-state index contributed by atoms with van der Waals surface area (Å²) in [7, 11) is 0. The highest BCUT2D eigenvalue weighted by Crippen LogP contribution is 2.45. The SMILES string of the molecule is C=C1CC(C(C)(C)C)c2ccccc2N1. The van der Waals surface area contributed by atoms with E-state index < -0.39 is 0 Å². The molecule has 1 heteroatoms. The van der Waals surface area contributed by atoms with Crippen molar-refractivity contribution in [1.29, 1.82) is 0 Å². The minimum absolute atomic E-state index is 0.293. The van der Waals surface area contributed by atoms with Gasteiger partial charge in [0.15, 0.2) is 0 Å². The molecular formula is C14H19N. The van der Waals surface area contributed by atoms with E-state index in [1.807, 2.05) is 0 Å². The first kappa shape index (κ1) is 10.3. The molecule has 1 N–H and O–H groups in total. The van der Waals surface area contributed by atoms with Crippen molar-refractivity contribution in [3.8, 4) is 0 Å². The summed E-state index contributed by atoms with van der Waals surface area (Å²) >= 11 is 0. The molecule has 1 aliphatic rings. The van der Waals surface area contributed by atoms with E-state index in [9.17, 15) is 0 Å². The lowest BCUT2D eigenvalue weighted by atomic mass is 9.72. The van der Waals surface area contributed by atoms with Crippen LogP contribution in [-0.4, -0.2) is 0 Å². The Balaban J connectivity index is 2.47. The van der Waals surface area contributed by atoms with Crippen LogP contribution in [0, 0.1) is 5.41 Å². The van der Waals surface area contributed by atoms with Crippen molar-refractivity contribution in [1.82, 2.24) is 0 Å². The first-order valence-corrected chi connectivity index (χ1v) is 5.52. The van der Waals surface area contributed by atoms with Crippen LogP contribution in [0.1, 0.15) is 38.7 Å². The molecule has 0 aromatic heterocycles. The number of hydrogen-bond acceptors (Lipinski definition) is 1. The monoisotopic (exact) mass is 201 g/mol.